The fourth-order valence-electron chi connectivity index (χ4n) is 8.26. The zero-order valence-electron chi connectivity index (χ0n) is 43.0. The lowest BCUT2D eigenvalue weighted by Crippen LogP contribution is -1.95. The fourth-order valence-corrected chi connectivity index (χ4v) is 8.26. The highest BCUT2D eigenvalue weighted by Gasteiger charge is 2.15. The minimum atomic E-state index is 0.998. The summed E-state index contributed by atoms with van der Waals surface area (Å²) in [6.45, 7) is 39.8. The summed E-state index contributed by atoms with van der Waals surface area (Å²) in [5, 5.41) is 0. The van der Waals surface area contributed by atoms with Crippen LogP contribution in [0.15, 0.2) is 255 Å². The van der Waals surface area contributed by atoms with Crippen LogP contribution < -0.4 is 0 Å². The predicted octanol–water partition coefficient (Wildman–Crippen LogP) is 20.8. The van der Waals surface area contributed by atoms with E-state index in [1.54, 1.807) is 6.08 Å². The smallest absolute Gasteiger partial charge is 0.0103 e. The highest BCUT2D eigenvalue weighted by Crippen LogP contribution is 2.38. The SMILES string of the molecule is C=C/C(=C\CC)C(=C)/C(C)=C(\C)c1ccccc1.C=C/C=C(\C=C)c1ccc(C(/C=C(\C)c2ccccc2-c2ccccc2/C(C)=C/CC)=C(\C)C(=C)c2ccc(-c3ccccc3)cc2)cc1.CC. The van der Waals surface area contributed by atoms with Gasteiger partial charge in [-0.15, -0.1) is 0 Å². The second kappa shape index (κ2) is 27.9. The second-order valence-corrected chi connectivity index (χ2v) is 16.7. The Balaban J connectivity index is 0.000000435. The molecule has 0 aliphatic carbocycles. The molecule has 0 unspecified atom stereocenters. The summed E-state index contributed by atoms with van der Waals surface area (Å²) >= 11 is 0. The van der Waals surface area contributed by atoms with Gasteiger partial charge in [0.25, 0.3) is 0 Å². The predicted molar refractivity (Wildman–Crippen MR) is 312 cm³/mol. The van der Waals surface area contributed by atoms with Gasteiger partial charge >= 0.3 is 0 Å². The van der Waals surface area contributed by atoms with Gasteiger partial charge in [-0.25, -0.2) is 0 Å². The molecule has 6 rings (SSSR count). The summed E-state index contributed by atoms with van der Waals surface area (Å²) in [5.41, 5.74) is 23.4. The minimum Gasteiger partial charge on any atom is -0.0990 e. The standard InChI is InChI=1S/C49H46.C18H22.C2H6/c1-8-18-35(4)45-22-14-16-24-47(45)48-25-17-15-23-46(48)36(5)34-49(44-32-30-42(31-33-44)39(10-3)19-9-2)38(7)37(6)40-26-28-43(29-27-40)41-20-12-11-13-21-41;1-6-11-17(7-2)15(4)14(3)16(5)18-12-9-8-10-13-18;1-2/h9-34H,2-3,6,8H2,1,4-5,7H3;7-13H,2,4,6H2,1,3,5H3;1-2H3/b35-18+,36-34+,39-19+,49-38+;16-14+,17-11+;. The van der Waals surface area contributed by atoms with Crippen LogP contribution in [0.5, 0.6) is 0 Å². The van der Waals surface area contributed by atoms with Gasteiger partial charge in [0, 0.05) is 0 Å². The molecule has 0 aliphatic rings. The molecular weight excluding hydrogens is 829 g/mol. The third-order valence-electron chi connectivity index (χ3n) is 12.3. The maximum absolute atomic E-state index is 4.62. The number of allylic oxidation sites excluding steroid dienone is 17. The molecule has 0 fully saturated rings. The average Bonchev–Trinajstić information content (AvgIpc) is 3.41. The van der Waals surface area contributed by atoms with E-state index in [1.807, 2.05) is 44.2 Å². The van der Waals surface area contributed by atoms with Crippen LogP contribution in [0, 0.1) is 0 Å². The number of benzene rings is 6. The molecular formula is C69H74. The third-order valence-corrected chi connectivity index (χ3v) is 12.3. The maximum Gasteiger partial charge on any atom is -0.0103 e. The molecule has 6 aromatic rings. The molecule has 0 radical (unpaired) electrons. The van der Waals surface area contributed by atoms with Crippen LogP contribution in [0.4, 0.5) is 0 Å². The summed E-state index contributed by atoms with van der Waals surface area (Å²) in [5.74, 6) is 0. The Bertz CT molecular complexity index is 2870. The van der Waals surface area contributed by atoms with Gasteiger partial charge in [0.05, 0.1) is 0 Å². The summed E-state index contributed by atoms with van der Waals surface area (Å²) in [4.78, 5) is 0. The Hall–Kier alpha value is -7.54. The zero-order chi connectivity index (χ0) is 50.3. The van der Waals surface area contributed by atoms with Crippen LogP contribution >= 0.6 is 0 Å². The van der Waals surface area contributed by atoms with E-state index in [0.717, 1.165) is 63.0 Å². The molecule has 0 heterocycles. The molecule has 0 bridgehead atoms. The first-order valence-electron chi connectivity index (χ1n) is 24.4. The maximum atomic E-state index is 4.62. The molecule has 0 amide bonds. The van der Waals surface area contributed by atoms with E-state index in [1.165, 1.54) is 61.2 Å². The topological polar surface area (TPSA) is 0 Å². The van der Waals surface area contributed by atoms with Gasteiger partial charge in [0.15, 0.2) is 0 Å². The van der Waals surface area contributed by atoms with Crippen LogP contribution in [-0.4, -0.2) is 0 Å². The van der Waals surface area contributed by atoms with Crippen molar-refractivity contribution in [2.45, 2.75) is 75.2 Å². The van der Waals surface area contributed by atoms with Crippen LogP contribution in [0.1, 0.15) is 109 Å². The first-order valence-corrected chi connectivity index (χ1v) is 24.4. The van der Waals surface area contributed by atoms with E-state index >= 15 is 0 Å². The fraction of sp³-hybridized carbons (Fsp3) is 0.159. The van der Waals surface area contributed by atoms with E-state index < -0.39 is 0 Å². The van der Waals surface area contributed by atoms with Crippen molar-refractivity contribution in [2.24, 2.45) is 0 Å². The van der Waals surface area contributed by atoms with Crippen LogP contribution in [-0.2, 0) is 0 Å². The molecule has 69 heavy (non-hydrogen) atoms. The van der Waals surface area contributed by atoms with Crippen molar-refractivity contribution >= 4 is 33.4 Å². The molecule has 0 N–H and O–H groups in total. The first kappa shape index (κ1) is 54.1. The molecule has 0 aromatic heterocycles. The lowest BCUT2D eigenvalue weighted by atomic mass is 9.87. The summed E-state index contributed by atoms with van der Waals surface area (Å²) in [6.07, 6.45) is 16.3. The van der Waals surface area contributed by atoms with Crippen molar-refractivity contribution in [1.82, 2.24) is 0 Å². The highest BCUT2D eigenvalue weighted by molar-refractivity contribution is 5.97. The highest BCUT2D eigenvalue weighted by atomic mass is 14.2. The van der Waals surface area contributed by atoms with E-state index in [0.29, 0.717) is 0 Å². The van der Waals surface area contributed by atoms with Crippen molar-refractivity contribution in [3.05, 3.63) is 289 Å². The monoisotopic (exact) mass is 903 g/mol. The van der Waals surface area contributed by atoms with Gasteiger partial charge < -0.3 is 0 Å². The van der Waals surface area contributed by atoms with Crippen LogP contribution in [0.3, 0.4) is 0 Å². The zero-order valence-corrected chi connectivity index (χ0v) is 43.0. The Morgan fingerprint density at radius 2 is 0.942 bits per heavy atom. The van der Waals surface area contributed by atoms with Gasteiger partial charge in [0.2, 0.25) is 0 Å². The van der Waals surface area contributed by atoms with Crippen molar-refractivity contribution in [2.75, 3.05) is 0 Å². The summed E-state index contributed by atoms with van der Waals surface area (Å²) < 4.78 is 0. The van der Waals surface area contributed by atoms with Crippen molar-refractivity contribution in [1.29, 1.82) is 0 Å². The summed E-state index contributed by atoms with van der Waals surface area (Å²) in [7, 11) is 0. The molecule has 0 saturated carbocycles. The van der Waals surface area contributed by atoms with Gasteiger partial charge in [-0.05, 0) is 159 Å². The number of rotatable bonds is 17. The molecule has 0 spiro atoms. The normalized spacial score (nSPS) is 12.5. The third kappa shape index (κ3) is 14.5. The largest absolute Gasteiger partial charge is 0.0990 e. The van der Waals surface area contributed by atoms with Gasteiger partial charge in [-0.3, -0.25) is 0 Å². The average molecular weight is 903 g/mol. The second-order valence-electron chi connectivity index (χ2n) is 16.7. The molecule has 350 valence electrons. The van der Waals surface area contributed by atoms with Crippen molar-refractivity contribution in [3.63, 3.8) is 0 Å². The summed E-state index contributed by atoms with van der Waals surface area (Å²) in [6, 6.07) is 55.8. The molecule has 0 atom stereocenters. The molecule has 0 aliphatic heterocycles. The van der Waals surface area contributed by atoms with E-state index in [2.05, 4.69) is 245 Å². The first-order chi connectivity index (χ1) is 33.5. The van der Waals surface area contributed by atoms with Gasteiger partial charge in [-0.1, -0.05) is 261 Å². The quantitative estimate of drug-likeness (QED) is 0.0800. The Kier molecular flexibility index (Phi) is 21.9. The lowest BCUT2D eigenvalue weighted by Gasteiger charge is -2.18. The Labute approximate surface area is 417 Å². The number of hydrogen-bond acceptors (Lipinski definition) is 0. The molecule has 0 saturated heterocycles. The van der Waals surface area contributed by atoms with Crippen molar-refractivity contribution < 1.29 is 0 Å². The van der Waals surface area contributed by atoms with Crippen molar-refractivity contribution in [3.8, 4) is 22.3 Å². The lowest BCUT2D eigenvalue weighted by molar-refractivity contribution is 1.20. The van der Waals surface area contributed by atoms with Crippen LogP contribution in [0.2, 0.25) is 0 Å². The Morgan fingerprint density at radius 1 is 0.464 bits per heavy atom. The molecule has 0 nitrogen and oxygen atoms in total. The molecule has 0 heteroatoms. The van der Waals surface area contributed by atoms with E-state index in [9.17, 15) is 0 Å². The van der Waals surface area contributed by atoms with Gasteiger partial charge in [0.1, 0.15) is 0 Å². The number of hydrogen-bond donors (Lipinski definition) is 0. The Morgan fingerprint density at radius 3 is 1.46 bits per heavy atom. The van der Waals surface area contributed by atoms with Crippen LogP contribution in [0.25, 0.3) is 55.7 Å². The van der Waals surface area contributed by atoms with E-state index in [4.69, 9.17) is 0 Å². The minimum absolute atomic E-state index is 0.998. The van der Waals surface area contributed by atoms with E-state index in [-0.39, 0.29) is 0 Å². The molecule has 6 aromatic carbocycles. The van der Waals surface area contributed by atoms with Gasteiger partial charge in [-0.2, -0.15) is 0 Å².